The van der Waals surface area contributed by atoms with Crippen LogP contribution in [0, 0.1) is 11.6 Å². The summed E-state index contributed by atoms with van der Waals surface area (Å²) in [6.45, 7) is 1.15. The molecule has 0 fully saturated rings. The van der Waals surface area contributed by atoms with Crippen molar-refractivity contribution in [2.75, 3.05) is 0 Å². The van der Waals surface area contributed by atoms with Crippen molar-refractivity contribution in [3.8, 4) is 5.75 Å². The highest BCUT2D eigenvalue weighted by molar-refractivity contribution is 6.17. The summed E-state index contributed by atoms with van der Waals surface area (Å²) in [5.74, 6) is -3.61. The van der Waals surface area contributed by atoms with Crippen LogP contribution in [0.4, 0.5) is 8.78 Å². The maximum atomic E-state index is 13.6. The molecule has 8 heteroatoms. The number of hydrogen-bond acceptors (Lipinski definition) is 4. The maximum Gasteiger partial charge on any atom is 0.569 e. The van der Waals surface area contributed by atoms with E-state index in [1.807, 2.05) is 0 Å². The third-order valence-electron chi connectivity index (χ3n) is 2.34. The lowest BCUT2D eigenvalue weighted by atomic mass is 9.93. The van der Waals surface area contributed by atoms with Crippen LogP contribution in [0.25, 0.3) is 0 Å². The molecule has 0 bridgehead atoms. The smallest absolute Gasteiger partial charge is 0.537 e. The fourth-order valence-corrected chi connectivity index (χ4v) is 1.32. The molecular weight excluding hydrogens is 247 g/mol. The SMILES string of the molecule is C[C@@](N)(Cc1c(F)cc(O[B]O)cc1F)C(=O)O. The Labute approximate surface area is 102 Å². The molecule has 0 aliphatic heterocycles. The fraction of sp³-hybridized carbons (Fsp3) is 0.300. The van der Waals surface area contributed by atoms with Crippen LogP contribution in [-0.2, 0) is 11.2 Å². The first-order valence-electron chi connectivity index (χ1n) is 4.90. The van der Waals surface area contributed by atoms with Crippen molar-refractivity contribution < 1.29 is 28.4 Å². The van der Waals surface area contributed by atoms with Gasteiger partial charge >= 0.3 is 13.7 Å². The largest absolute Gasteiger partial charge is 0.569 e. The molecule has 0 saturated heterocycles. The van der Waals surface area contributed by atoms with Crippen molar-refractivity contribution in [2.45, 2.75) is 18.9 Å². The minimum absolute atomic E-state index is 0.245. The Morgan fingerprint density at radius 2 is 2.00 bits per heavy atom. The van der Waals surface area contributed by atoms with Gasteiger partial charge in [0.15, 0.2) is 0 Å². The highest BCUT2D eigenvalue weighted by Gasteiger charge is 2.31. The second-order valence-corrected chi connectivity index (χ2v) is 3.99. The van der Waals surface area contributed by atoms with Crippen LogP contribution in [0.5, 0.6) is 5.75 Å². The third kappa shape index (κ3) is 3.17. The van der Waals surface area contributed by atoms with E-state index in [9.17, 15) is 13.6 Å². The molecule has 1 aromatic rings. The molecule has 0 saturated carbocycles. The minimum Gasteiger partial charge on any atom is -0.537 e. The summed E-state index contributed by atoms with van der Waals surface area (Å²) in [5.41, 5.74) is 3.18. The second kappa shape index (κ2) is 5.32. The Kier molecular flexibility index (Phi) is 4.26. The molecule has 1 aromatic carbocycles. The first kappa shape index (κ1) is 14.4. The predicted molar refractivity (Wildman–Crippen MR) is 58.9 cm³/mol. The molecule has 1 rings (SSSR count). The van der Waals surface area contributed by atoms with E-state index >= 15 is 0 Å². The van der Waals surface area contributed by atoms with E-state index in [-0.39, 0.29) is 13.4 Å². The molecule has 97 valence electrons. The van der Waals surface area contributed by atoms with E-state index in [4.69, 9.17) is 15.9 Å². The Morgan fingerprint density at radius 3 is 2.39 bits per heavy atom. The van der Waals surface area contributed by atoms with Gasteiger partial charge in [-0.15, -0.1) is 0 Å². The quantitative estimate of drug-likeness (QED) is 0.656. The van der Waals surface area contributed by atoms with E-state index in [2.05, 4.69) is 4.65 Å². The van der Waals surface area contributed by atoms with Gasteiger partial charge in [0.05, 0.1) is 0 Å². The van der Waals surface area contributed by atoms with Gasteiger partial charge in [0.1, 0.15) is 22.9 Å². The molecule has 0 spiro atoms. The van der Waals surface area contributed by atoms with Crippen LogP contribution in [0.3, 0.4) is 0 Å². The van der Waals surface area contributed by atoms with E-state index < -0.39 is 35.1 Å². The average Bonchev–Trinajstić information content (AvgIpc) is 2.24. The number of hydrogen-bond donors (Lipinski definition) is 3. The molecule has 0 aliphatic rings. The molecule has 5 nitrogen and oxygen atoms in total. The molecule has 4 N–H and O–H groups in total. The minimum atomic E-state index is -1.78. The third-order valence-corrected chi connectivity index (χ3v) is 2.34. The first-order valence-corrected chi connectivity index (χ1v) is 4.90. The number of halogens is 2. The molecule has 1 radical (unpaired) electrons. The Balaban J connectivity index is 3.07. The highest BCUT2D eigenvalue weighted by atomic mass is 19.1. The van der Waals surface area contributed by atoms with Gasteiger partial charge in [0.2, 0.25) is 0 Å². The van der Waals surface area contributed by atoms with Crippen molar-refractivity contribution in [1.29, 1.82) is 0 Å². The molecule has 0 aliphatic carbocycles. The normalized spacial score (nSPS) is 13.8. The summed E-state index contributed by atoms with van der Waals surface area (Å²) < 4.78 is 31.5. The zero-order chi connectivity index (χ0) is 13.9. The number of aliphatic carboxylic acids is 1. The lowest BCUT2D eigenvalue weighted by Crippen LogP contribution is -2.47. The van der Waals surface area contributed by atoms with Gasteiger partial charge in [0.25, 0.3) is 0 Å². The zero-order valence-electron chi connectivity index (χ0n) is 9.48. The van der Waals surface area contributed by atoms with Crippen molar-refractivity contribution >= 4 is 13.7 Å². The van der Waals surface area contributed by atoms with Crippen molar-refractivity contribution in [1.82, 2.24) is 0 Å². The van der Waals surface area contributed by atoms with Gasteiger partial charge < -0.3 is 20.5 Å². The number of rotatable bonds is 5. The zero-order valence-corrected chi connectivity index (χ0v) is 9.48. The average molecular weight is 258 g/mol. The first-order chi connectivity index (χ1) is 8.27. The molecule has 0 aromatic heterocycles. The number of carboxylic acids is 1. The van der Waals surface area contributed by atoms with Crippen molar-refractivity contribution in [2.24, 2.45) is 5.73 Å². The van der Waals surface area contributed by atoms with E-state index in [1.165, 1.54) is 0 Å². The Hall–Kier alpha value is -1.67. The molecule has 0 unspecified atom stereocenters. The van der Waals surface area contributed by atoms with E-state index in [1.54, 1.807) is 0 Å². The summed E-state index contributed by atoms with van der Waals surface area (Å²) >= 11 is 0. The highest BCUT2D eigenvalue weighted by Crippen LogP contribution is 2.23. The van der Waals surface area contributed by atoms with Gasteiger partial charge in [-0.2, -0.15) is 0 Å². The van der Waals surface area contributed by atoms with Crippen LogP contribution < -0.4 is 10.4 Å². The Morgan fingerprint density at radius 1 is 1.50 bits per heavy atom. The molecule has 0 amide bonds. The molecule has 1 atom stereocenters. The number of nitrogens with two attached hydrogens (primary N) is 1. The molecular formula is C10H11BF2NO4. The van der Waals surface area contributed by atoms with E-state index in [0.717, 1.165) is 19.1 Å². The van der Waals surface area contributed by atoms with Gasteiger partial charge in [0, 0.05) is 24.1 Å². The Bertz CT molecular complexity index is 444. The van der Waals surface area contributed by atoms with Crippen LogP contribution >= 0.6 is 0 Å². The monoisotopic (exact) mass is 258 g/mol. The van der Waals surface area contributed by atoms with Crippen molar-refractivity contribution in [3.05, 3.63) is 29.3 Å². The number of carboxylic acid groups (broad SMARTS) is 1. The van der Waals surface area contributed by atoms with Gasteiger partial charge in [-0.3, -0.25) is 4.79 Å². The van der Waals surface area contributed by atoms with Crippen LogP contribution in [0.15, 0.2) is 12.1 Å². The maximum absolute atomic E-state index is 13.6. The van der Waals surface area contributed by atoms with E-state index in [0.29, 0.717) is 0 Å². The summed E-state index contributed by atoms with van der Waals surface area (Å²) in [5, 5.41) is 17.1. The van der Waals surface area contributed by atoms with Crippen molar-refractivity contribution in [3.63, 3.8) is 0 Å². The fourth-order valence-electron chi connectivity index (χ4n) is 1.32. The summed E-state index contributed by atoms with van der Waals surface area (Å²) in [4.78, 5) is 10.8. The second-order valence-electron chi connectivity index (χ2n) is 3.99. The van der Waals surface area contributed by atoms with Crippen LogP contribution in [0.2, 0.25) is 0 Å². The lowest BCUT2D eigenvalue weighted by Gasteiger charge is -2.20. The summed E-state index contributed by atoms with van der Waals surface area (Å²) in [6, 6.07) is 1.64. The summed E-state index contributed by atoms with van der Waals surface area (Å²) in [6.07, 6.45) is -0.511. The van der Waals surface area contributed by atoms with Gasteiger partial charge in [-0.25, -0.2) is 8.78 Å². The standard InChI is InChI=1S/C10H11BF2NO4/c1-10(14,9(15)16)4-6-7(12)2-5(18-11-17)3-8(6)13/h2-3,17H,4,14H2,1H3,(H,15,16)/t10-/m1/s1. The number of benzene rings is 1. The molecule has 18 heavy (non-hydrogen) atoms. The number of carbonyl (C=O) groups is 1. The topological polar surface area (TPSA) is 92.8 Å². The predicted octanol–water partition coefficient (Wildman–Crippen LogP) is 0.215. The van der Waals surface area contributed by atoms with Crippen LogP contribution in [0.1, 0.15) is 12.5 Å². The molecule has 0 heterocycles. The van der Waals surface area contributed by atoms with Gasteiger partial charge in [-0.1, -0.05) is 0 Å². The summed E-state index contributed by atoms with van der Waals surface area (Å²) in [7, 11) is 0.276. The van der Waals surface area contributed by atoms with Gasteiger partial charge in [-0.05, 0) is 6.92 Å². The van der Waals surface area contributed by atoms with Crippen LogP contribution in [-0.4, -0.2) is 29.3 Å². The lowest BCUT2D eigenvalue weighted by molar-refractivity contribution is -0.142.